The molecular formula is C9H6BF3NO-. The minimum Gasteiger partial charge on any atom is -0.445 e. The molecule has 0 amide bonds. The molecule has 2 aromatic rings. The van der Waals surface area contributed by atoms with Crippen LogP contribution in [0, 0.1) is 0 Å². The van der Waals surface area contributed by atoms with Gasteiger partial charge in [0.05, 0.1) is 6.20 Å². The van der Waals surface area contributed by atoms with Crippen molar-refractivity contribution in [2.45, 2.75) is 0 Å². The minimum absolute atomic E-state index is 0.00944. The lowest BCUT2D eigenvalue weighted by Gasteiger charge is -2.17. The molecule has 2 rings (SSSR count). The average Bonchev–Trinajstić information content (AvgIpc) is 2.69. The van der Waals surface area contributed by atoms with Crippen LogP contribution >= 0.6 is 0 Å². The highest BCUT2D eigenvalue weighted by atomic mass is 19.4. The standard InChI is InChI=1S/C9H6BF3NO/c11-10(12,13)8-4-2-1-3-7(8)9-14-5-6-15-9/h1-6H/q-1. The molecule has 2 nitrogen and oxygen atoms in total. The molecule has 1 aromatic carbocycles. The van der Waals surface area contributed by atoms with Crippen molar-refractivity contribution in [2.75, 3.05) is 0 Å². The van der Waals surface area contributed by atoms with Gasteiger partial charge in [0.1, 0.15) is 6.26 Å². The molecule has 0 aliphatic carbocycles. The predicted octanol–water partition coefficient (Wildman–Crippen LogP) is 2.40. The molecule has 0 radical (unpaired) electrons. The van der Waals surface area contributed by atoms with Crippen molar-refractivity contribution < 1.29 is 17.4 Å². The summed E-state index contributed by atoms with van der Waals surface area (Å²) in [5.41, 5.74) is -0.699. The van der Waals surface area contributed by atoms with Crippen LogP contribution in [0.5, 0.6) is 0 Å². The Morgan fingerprint density at radius 1 is 1.13 bits per heavy atom. The first-order valence-electron chi connectivity index (χ1n) is 4.28. The van der Waals surface area contributed by atoms with Crippen molar-refractivity contribution in [1.82, 2.24) is 4.98 Å². The molecule has 0 bridgehead atoms. The van der Waals surface area contributed by atoms with E-state index in [-0.39, 0.29) is 11.5 Å². The number of rotatable bonds is 2. The quantitative estimate of drug-likeness (QED) is 0.714. The van der Waals surface area contributed by atoms with E-state index >= 15 is 0 Å². The zero-order valence-corrected chi connectivity index (χ0v) is 7.53. The zero-order valence-electron chi connectivity index (χ0n) is 7.53. The first-order chi connectivity index (χ1) is 7.09. The first-order valence-corrected chi connectivity index (χ1v) is 4.28. The summed E-state index contributed by atoms with van der Waals surface area (Å²) < 4.78 is 42.8. The maximum absolute atomic E-state index is 12.6. The van der Waals surface area contributed by atoms with Crippen LogP contribution in [0.2, 0.25) is 0 Å². The fraction of sp³-hybridized carbons (Fsp3) is 0. The van der Waals surface area contributed by atoms with E-state index in [2.05, 4.69) is 4.98 Å². The molecule has 0 fully saturated rings. The van der Waals surface area contributed by atoms with Crippen molar-refractivity contribution in [3.63, 3.8) is 0 Å². The number of hydrogen-bond donors (Lipinski definition) is 0. The number of oxazole rings is 1. The van der Waals surface area contributed by atoms with Crippen molar-refractivity contribution >= 4 is 12.4 Å². The number of benzene rings is 1. The third-order valence-corrected chi connectivity index (χ3v) is 1.98. The van der Waals surface area contributed by atoms with E-state index in [4.69, 9.17) is 4.42 Å². The summed E-state index contributed by atoms with van der Waals surface area (Å²) in [5.74, 6) is -0.00944. The molecule has 0 unspecified atom stereocenters. The Morgan fingerprint density at radius 3 is 2.47 bits per heavy atom. The molecule has 0 saturated heterocycles. The van der Waals surface area contributed by atoms with E-state index in [1.165, 1.54) is 30.7 Å². The molecule has 0 saturated carbocycles. The second kappa shape index (κ2) is 3.45. The van der Waals surface area contributed by atoms with Crippen LogP contribution in [0.4, 0.5) is 12.9 Å². The van der Waals surface area contributed by atoms with Gasteiger partial charge >= 0.3 is 6.98 Å². The van der Waals surface area contributed by atoms with Crippen LogP contribution in [0.15, 0.2) is 41.1 Å². The monoisotopic (exact) mass is 212 g/mol. The van der Waals surface area contributed by atoms with Crippen LogP contribution in [-0.4, -0.2) is 12.0 Å². The fourth-order valence-corrected chi connectivity index (χ4v) is 1.33. The fourth-order valence-electron chi connectivity index (χ4n) is 1.33. The summed E-state index contributed by atoms with van der Waals surface area (Å²) in [7, 11) is 0. The van der Waals surface area contributed by atoms with E-state index in [1.807, 2.05) is 0 Å². The SMILES string of the molecule is F[B-](F)(F)c1ccccc1-c1ncco1. The van der Waals surface area contributed by atoms with E-state index in [9.17, 15) is 12.9 Å². The summed E-state index contributed by atoms with van der Waals surface area (Å²) in [5, 5.41) is 0. The van der Waals surface area contributed by atoms with Crippen molar-refractivity contribution in [2.24, 2.45) is 0 Å². The van der Waals surface area contributed by atoms with E-state index in [0.29, 0.717) is 0 Å². The average molecular weight is 212 g/mol. The normalized spacial score (nSPS) is 11.7. The number of hydrogen-bond acceptors (Lipinski definition) is 2. The summed E-state index contributed by atoms with van der Waals surface area (Å²) in [6.45, 7) is -5.04. The van der Waals surface area contributed by atoms with Crippen LogP contribution in [-0.2, 0) is 0 Å². The third kappa shape index (κ3) is 1.88. The van der Waals surface area contributed by atoms with Gasteiger partial charge in [0.15, 0.2) is 0 Å². The second-order valence-corrected chi connectivity index (χ2v) is 3.00. The Balaban J connectivity index is 2.58. The maximum Gasteiger partial charge on any atom is 0.510 e. The third-order valence-electron chi connectivity index (χ3n) is 1.98. The van der Waals surface area contributed by atoms with Crippen molar-refractivity contribution in [3.8, 4) is 11.5 Å². The number of halogens is 3. The molecule has 0 atom stereocenters. The number of nitrogens with zero attached hydrogens (tertiary/aromatic N) is 1. The van der Waals surface area contributed by atoms with Gasteiger partial charge in [-0.3, -0.25) is 0 Å². The van der Waals surface area contributed by atoms with Crippen LogP contribution in [0.25, 0.3) is 11.5 Å². The van der Waals surface area contributed by atoms with E-state index in [1.54, 1.807) is 0 Å². The molecule has 0 spiro atoms. The van der Waals surface area contributed by atoms with Crippen LogP contribution in [0.3, 0.4) is 0 Å². The van der Waals surface area contributed by atoms with Gasteiger partial charge in [0.2, 0.25) is 5.89 Å². The molecule has 78 valence electrons. The van der Waals surface area contributed by atoms with Crippen LogP contribution in [0.1, 0.15) is 0 Å². The Bertz CT molecular complexity index is 453. The lowest BCUT2D eigenvalue weighted by molar-refractivity contribution is 0.500. The van der Waals surface area contributed by atoms with Gasteiger partial charge in [0.25, 0.3) is 0 Å². The lowest BCUT2D eigenvalue weighted by Crippen LogP contribution is -2.35. The highest BCUT2D eigenvalue weighted by Gasteiger charge is 2.29. The molecule has 1 aromatic heterocycles. The molecule has 15 heavy (non-hydrogen) atoms. The summed E-state index contributed by atoms with van der Waals surface area (Å²) in [6, 6.07) is 5.23. The Labute approximate surface area is 83.8 Å². The van der Waals surface area contributed by atoms with Gasteiger partial charge in [-0.1, -0.05) is 29.7 Å². The molecule has 0 aliphatic rings. The van der Waals surface area contributed by atoms with Crippen molar-refractivity contribution in [1.29, 1.82) is 0 Å². The minimum atomic E-state index is -5.04. The second-order valence-electron chi connectivity index (χ2n) is 3.00. The van der Waals surface area contributed by atoms with Crippen LogP contribution < -0.4 is 5.46 Å². The van der Waals surface area contributed by atoms with E-state index < -0.39 is 12.4 Å². The summed E-state index contributed by atoms with van der Waals surface area (Å²) in [4.78, 5) is 3.70. The van der Waals surface area contributed by atoms with Gasteiger partial charge in [-0.25, -0.2) is 4.98 Å². The highest BCUT2D eigenvalue weighted by Crippen LogP contribution is 2.20. The van der Waals surface area contributed by atoms with Gasteiger partial charge in [0, 0.05) is 5.56 Å². The highest BCUT2D eigenvalue weighted by molar-refractivity contribution is 6.74. The Hall–Kier alpha value is -1.72. The van der Waals surface area contributed by atoms with Gasteiger partial charge < -0.3 is 17.4 Å². The Morgan fingerprint density at radius 2 is 1.87 bits per heavy atom. The molecule has 1 heterocycles. The first kappa shape index (κ1) is 9.83. The van der Waals surface area contributed by atoms with Gasteiger partial charge in [-0.15, -0.1) is 0 Å². The maximum atomic E-state index is 12.6. The summed E-state index contributed by atoms with van der Waals surface area (Å²) in [6.07, 6.45) is 2.56. The smallest absolute Gasteiger partial charge is 0.445 e. The largest absolute Gasteiger partial charge is 0.510 e. The topological polar surface area (TPSA) is 26.0 Å². The zero-order chi connectivity index (χ0) is 10.9. The molecule has 6 heteroatoms. The molecular weight excluding hydrogens is 206 g/mol. The predicted molar refractivity (Wildman–Crippen MR) is 50.7 cm³/mol. The van der Waals surface area contributed by atoms with E-state index in [0.717, 1.165) is 6.07 Å². The Kier molecular flexibility index (Phi) is 2.26. The number of aromatic nitrogens is 1. The van der Waals surface area contributed by atoms with Gasteiger partial charge in [-0.2, -0.15) is 0 Å². The lowest BCUT2D eigenvalue weighted by atomic mass is 9.77. The summed E-state index contributed by atoms with van der Waals surface area (Å²) >= 11 is 0. The van der Waals surface area contributed by atoms with Gasteiger partial charge in [-0.05, 0) is 0 Å². The molecule has 0 N–H and O–H groups in total. The van der Waals surface area contributed by atoms with Crippen molar-refractivity contribution in [3.05, 3.63) is 36.7 Å². The molecule has 0 aliphatic heterocycles.